The zero-order valence-electron chi connectivity index (χ0n) is 23.5. The number of halogens is 1. The van der Waals surface area contributed by atoms with Crippen LogP contribution in [0.3, 0.4) is 0 Å². The van der Waals surface area contributed by atoms with Crippen LogP contribution in [0.2, 0.25) is 0 Å². The van der Waals surface area contributed by atoms with Crippen LogP contribution >= 0.6 is 0 Å². The lowest BCUT2D eigenvalue weighted by molar-refractivity contribution is -0.148. The molecule has 1 aliphatic carbocycles. The molecule has 0 radical (unpaired) electrons. The molecule has 3 N–H and O–H groups in total. The summed E-state index contributed by atoms with van der Waals surface area (Å²) in [6, 6.07) is 9.02. The zero-order chi connectivity index (χ0) is 29.3. The molecule has 13 heteroatoms. The second-order valence-electron chi connectivity index (χ2n) is 10.6. The third-order valence-corrected chi connectivity index (χ3v) is 7.88. The molecule has 0 aromatic carbocycles. The zero-order valence-corrected chi connectivity index (χ0v) is 23.5. The Balaban J connectivity index is 1.16. The highest BCUT2D eigenvalue weighted by Crippen LogP contribution is 2.41. The fraction of sp³-hybridized carbons (Fsp3) is 0.345. The molecule has 1 atom stereocenters. The normalized spacial score (nSPS) is 19.5. The number of aromatic nitrogens is 8. The lowest BCUT2D eigenvalue weighted by Gasteiger charge is -2.38. The van der Waals surface area contributed by atoms with Gasteiger partial charge in [0.2, 0.25) is 0 Å². The summed E-state index contributed by atoms with van der Waals surface area (Å²) in [5.41, 5.74) is 2.39. The van der Waals surface area contributed by atoms with E-state index < -0.39 is 11.4 Å². The number of carbonyl (C=O) groups is 1. The summed E-state index contributed by atoms with van der Waals surface area (Å²) < 4.78 is 20.6. The molecule has 0 saturated heterocycles. The highest BCUT2D eigenvalue weighted by atomic mass is 19.1. The van der Waals surface area contributed by atoms with Crippen molar-refractivity contribution in [1.82, 2.24) is 45.5 Å². The number of hydrogen-bond acceptors (Lipinski definition) is 9. The summed E-state index contributed by atoms with van der Waals surface area (Å²) in [4.78, 5) is 22.9. The van der Waals surface area contributed by atoms with Gasteiger partial charge in [0.25, 0.3) is 5.91 Å². The Labute approximate surface area is 241 Å². The first kappa shape index (κ1) is 27.4. The average Bonchev–Trinajstić information content (AvgIpc) is 3.64. The van der Waals surface area contributed by atoms with Gasteiger partial charge in [0.1, 0.15) is 16.9 Å². The largest absolute Gasteiger partial charge is 0.368 e. The van der Waals surface area contributed by atoms with Gasteiger partial charge in [-0.3, -0.25) is 9.89 Å². The van der Waals surface area contributed by atoms with Crippen molar-refractivity contribution in [2.45, 2.75) is 57.1 Å². The van der Waals surface area contributed by atoms with Crippen LogP contribution in [0, 0.1) is 12.7 Å². The number of H-pyrrole nitrogens is 1. The monoisotopic (exact) mass is 570 g/mol. The maximum absolute atomic E-state index is 13.6. The van der Waals surface area contributed by atoms with Gasteiger partial charge in [-0.1, -0.05) is 6.07 Å². The summed E-state index contributed by atoms with van der Waals surface area (Å²) in [5, 5.41) is 26.9. The number of aromatic amines is 1. The fourth-order valence-electron chi connectivity index (χ4n) is 5.49. The Morgan fingerprint density at radius 3 is 2.69 bits per heavy atom. The van der Waals surface area contributed by atoms with E-state index in [2.05, 4.69) is 41.1 Å². The van der Waals surface area contributed by atoms with E-state index in [1.54, 1.807) is 25.6 Å². The lowest BCUT2D eigenvalue weighted by atomic mass is 9.76. The molecule has 0 spiro atoms. The SMILES string of the molecule is COC1(C(=O)N[C@@H](C)c2ccc(-n3cc(F)cn3)nc2)CCC(c2nc(Nc3cc(C)[nH]n3)cc3ccnnc23)CC1. The molecule has 216 valence electrons. The molecule has 0 aliphatic heterocycles. The quantitative estimate of drug-likeness (QED) is 0.246. The first-order valence-electron chi connectivity index (χ1n) is 13.8. The Kier molecular flexibility index (Phi) is 7.33. The van der Waals surface area contributed by atoms with Gasteiger partial charge < -0.3 is 15.4 Å². The van der Waals surface area contributed by atoms with Crippen LogP contribution < -0.4 is 10.6 Å². The topological polar surface area (TPSA) is 148 Å². The van der Waals surface area contributed by atoms with Gasteiger partial charge in [0.15, 0.2) is 17.5 Å². The number of carbonyl (C=O) groups excluding carboxylic acids is 1. The molecule has 1 fully saturated rings. The number of ether oxygens (including phenoxy) is 1. The average molecular weight is 571 g/mol. The van der Waals surface area contributed by atoms with Crippen molar-refractivity contribution in [3.05, 3.63) is 77.9 Å². The Hall–Kier alpha value is -4.78. The van der Waals surface area contributed by atoms with Crippen LogP contribution in [-0.4, -0.2) is 58.8 Å². The van der Waals surface area contributed by atoms with Gasteiger partial charge in [0.05, 0.1) is 30.3 Å². The number of fused-ring (bicyclic) bond motifs is 1. The number of methoxy groups -OCH3 is 1. The number of anilines is 2. The summed E-state index contributed by atoms with van der Waals surface area (Å²) >= 11 is 0. The standard InChI is InChI=1S/C29H31FN10O2/c1-17-12-24(38-37-17)35-23-13-20-8-11-32-39-27(20)26(36-23)19-6-9-29(42-3,10-7-19)28(41)34-18(2)21-4-5-25(31-14-21)40-16-22(30)15-33-40/h4-5,8,11-16,18-19H,6-7,9-10H2,1-3H3,(H,34,41)(H2,35,36,37,38)/t18-,19?,29?/m0/s1. The maximum atomic E-state index is 13.6. The lowest BCUT2D eigenvalue weighted by Crippen LogP contribution is -2.50. The second-order valence-corrected chi connectivity index (χ2v) is 10.6. The van der Waals surface area contributed by atoms with Crippen LogP contribution in [0.5, 0.6) is 0 Å². The van der Waals surface area contributed by atoms with Crippen molar-refractivity contribution >= 4 is 28.4 Å². The van der Waals surface area contributed by atoms with Gasteiger partial charge in [-0.25, -0.2) is 19.0 Å². The number of pyridine rings is 2. The van der Waals surface area contributed by atoms with Gasteiger partial charge in [0, 0.05) is 36.4 Å². The predicted molar refractivity (Wildman–Crippen MR) is 153 cm³/mol. The molecule has 1 saturated carbocycles. The minimum Gasteiger partial charge on any atom is -0.368 e. The van der Waals surface area contributed by atoms with Crippen LogP contribution in [0.4, 0.5) is 16.0 Å². The summed E-state index contributed by atoms with van der Waals surface area (Å²) in [6.45, 7) is 3.83. The molecule has 6 rings (SSSR count). The number of rotatable bonds is 8. The third kappa shape index (κ3) is 5.42. The number of aryl methyl sites for hydroxylation is 1. The molecule has 5 aromatic rings. The predicted octanol–water partition coefficient (Wildman–Crippen LogP) is 4.44. The van der Waals surface area contributed by atoms with Crippen molar-refractivity contribution < 1.29 is 13.9 Å². The van der Waals surface area contributed by atoms with Crippen molar-refractivity contribution in [1.29, 1.82) is 0 Å². The summed E-state index contributed by atoms with van der Waals surface area (Å²) in [6.07, 6.45) is 8.12. The molecule has 5 aromatic heterocycles. The van der Waals surface area contributed by atoms with E-state index in [4.69, 9.17) is 9.72 Å². The Bertz CT molecular complexity index is 1710. The molecule has 1 aliphatic rings. The molecule has 5 heterocycles. The van der Waals surface area contributed by atoms with E-state index in [1.807, 2.05) is 38.1 Å². The van der Waals surface area contributed by atoms with E-state index >= 15 is 0 Å². The van der Waals surface area contributed by atoms with Crippen molar-refractivity contribution in [3.8, 4) is 5.82 Å². The van der Waals surface area contributed by atoms with Crippen LogP contribution in [0.25, 0.3) is 16.7 Å². The molecule has 42 heavy (non-hydrogen) atoms. The van der Waals surface area contributed by atoms with Crippen LogP contribution in [0.1, 0.15) is 61.5 Å². The van der Waals surface area contributed by atoms with Gasteiger partial charge in [-0.05, 0) is 63.3 Å². The smallest absolute Gasteiger partial charge is 0.252 e. The molecule has 1 amide bonds. The van der Waals surface area contributed by atoms with E-state index in [0.717, 1.165) is 34.1 Å². The second kappa shape index (κ2) is 11.2. The van der Waals surface area contributed by atoms with E-state index in [9.17, 15) is 9.18 Å². The van der Waals surface area contributed by atoms with E-state index in [1.165, 1.54) is 10.9 Å². The van der Waals surface area contributed by atoms with Crippen molar-refractivity contribution in [2.24, 2.45) is 0 Å². The molecule has 12 nitrogen and oxygen atoms in total. The molecule has 0 unspecified atom stereocenters. The number of nitrogens with one attached hydrogen (secondary N) is 3. The molecule has 0 bridgehead atoms. The molecular formula is C29H31FN10O2. The van der Waals surface area contributed by atoms with Crippen LogP contribution in [0.15, 0.2) is 55.1 Å². The fourth-order valence-corrected chi connectivity index (χ4v) is 5.49. The highest BCUT2D eigenvalue weighted by Gasteiger charge is 2.43. The number of amides is 1. The number of nitrogens with zero attached hydrogens (tertiary/aromatic N) is 7. The summed E-state index contributed by atoms with van der Waals surface area (Å²) in [7, 11) is 1.58. The van der Waals surface area contributed by atoms with Gasteiger partial charge in [-0.15, -0.1) is 5.10 Å². The molecular weight excluding hydrogens is 539 g/mol. The first-order chi connectivity index (χ1) is 20.3. The third-order valence-electron chi connectivity index (χ3n) is 7.88. The van der Waals surface area contributed by atoms with Crippen molar-refractivity contribution in [2.75, 3.05) is 12.4 Å². The minimum absolute atomic E-state index is 0.0734. The highest BCUT2D eigenvalue weighted by molar-refractivity contribution is 5.86. The van der Waals surface area contributed by atoms with E-state index in [0.29, 0.717) is 43.1 Å². The summed E-state index contributed by atoms with van der Waals surface area (Å²) in [5.74, 6) is 1.30. The van der Waals surface area contributed by atoms with Crippen molar-refractivity contribution in [3.63, 3.8) is 0 Å². The Morgan fingerprint density at radius 1 is 1.19 bits per heavy atom. The maximum Gasteiger partial charge on any atom is 0.252 e. The van der Waals surface area contributed by atoms with Gasteiger partial charge in [-0.2, -0.15) is 15.3 Å². The van der Waals surface area contributed by atoms with Crippen LogP contribution in [-0.2, 0) is 9.53 Å². The van der Waals surface area contributed by atoms with Gasteiger partial charge >= 0.3 is 0 Å². The van der Waals surface area contributed by atoms with E-state index in [-0.39, 0.29) is 17.9 Å². The minimum atomic E-state index is -0.964. The number of hydrogen-bond donors (Lipinski definition) is 3. The first-order valence-corrected chi connectivity index (χ1v) is 13.8. The Morgan fingerprint density at radius 2 is 2.02 bits per heavy atom.